The summed E-state index contributed by atoms with van der Waals surface area (Å²) in [5.41, 5.74) is 0.154. The van der Waals surface area contributed by atoms with Crippen molar-refractivity contribution in [1.82, 2.24) is 0 Å². The fraction of sp³-hybridized carbons (Fsp3) is 1.00. The molecule has 0 amide bonds. The first-order valence-electron chi connectivity index (χ1n) is 6.28. The van der Waals surface area contributed by atoms with Crippen LogP contribution in [0.2, 0.25) is 0 Å². The van der Waals surface area contributed by atoms with Gasteiger partial charge in [0.15, 0.2) is 0 Å². The Morgan fingerprint density at radius 2 is 1.40 bits per heavy atom. The van der Waals surface area contributed by atoms with Gasteiger partial charge in [-0.25, -0.2) is 0 Å². The molecule has 0 aromatic heterocycles. The predicted octanol–water partition coefficient (Wildman–Crippen LogP) is 3.65. The van der Waals surface area contributed by atoms with E-state index in [9.17, 15) is 0 Å². The predicted molar refractivity (Wildman–Crippen MR) is 65.2 cm³/mol. The molecule has 0 N–H and O–H groups in total. The quantitative estimate of drug-likeness (QED) is 0.519. The molecule has 0 rings (SSSR count). The van der Waals surface area contributed by atoms with Gasteiger partial charge in [0.05, 0.1) is 13.2 Å². The van der Waals surface area contributed by atoms with Gasteiger partial charge in [0.25, 0.3) is 0 Å². The van der Waals surface area contributed by atoms with E-state index in [4.69, 9.17) is 9.47 Å². The summed E-state index contributed by atoms with van der Waals surface area (Å²) >= 11 is 0. The molecule has 0 bridgehead atoms. The zero-order chi connectivity index (χ0) is 11.6. The van der Waals surface area contributed by atoms with E-state index in [0.29, 0.717) is 0 Å². The van der Waals surface area contributed by atoms with Crippen LogP contribution >= 0.6 is 0 Å². The Morgan fingerprint density at radius 1 is 0.800 bits per heavy atom. The molecule has 0 saturated carbocycles. The third-order valence-corrected chi connectivity index (χ3v) is 2.23. The maximum Gasteiger partial charge on any atom is 0.0539 e. The highest BCUT2D eigenvalue weighted by molar-refractivity contribution is 4.66. The van der Waals surface area contributed by atoms with Crippen LogP contribution in [0.1, 0.15) is 53.4 Å². The van der Waals surface area contributed by atoms with Crippen molar-refractivity contribution >= 4 is 0 Å². The lowest BCUT2D eigenvalue weighted by Gasteiger charge is -2.24. The number of hydrogen-bond acceptors (Lipinski definition) is 2. The molecule has 0 radical (unpaired) electrons. The van der Waals surface area contributed by atoms with Gasteiger partial charge in [-0.15, -0.1) is 0 Å². The number of unbranched alkanes of at least 4 members (excludes halogenated alkanes) is 2. The van der Waals surface area contributed by atoms with E-state index in [-0.39, 0.29) is 5.41 Å². The molecule has 0 atom stereocenters. The fourth-order valence-electron chi connectivity index (χ4n) is 1.34. The molecule has 0 spiro atoms. The molecule has 2 heteroatoms. The van der Waals surface area contributed by atoms with Crippen LogP contribution in [0, 0.1) is 5.41 Å². The summed E-state index contributed by atoms with van der Waals surface area (Å²) in [4.78, 5) is 0. The molecular formula is C13H28O2. The van der Waals surface area contributed by atoms with Crippen LogP contribution < -0.4 is 0 Å². The van der Waals surface area contributed by atoms with Crippen LogP contribution in [0.5, 0.6) is 0 Å². The molecule has 0 saturated heterocycles. The maximum absolute atomic E-state index is 5.65. The highest BCUT2D eigenvalue weighted by atomic mass is 16.5. The standard InChI is InChI=1S/C13H28O2/c1-5-7-8-10-15-12-13(3,4)11-14-9-6-2/h5-12H2,1-4H3. The third-order valence-electron chi connectivity index (χ3n) is 2.23. The number of ether oxygens (including phenoxy) is 2. The van der Waals surface area contributed by atoms with Gasteiger partial charge in [0.2, 0.25) is 0 Å². The Balaban J connectivity index is 3.38. The van der Waals surface area contributed by atoms with Gasteiger partial charge in [-0.2, -0.15) is 0 Å². The van der Waals surface area contributed by atoms with Crippen LogP contribution in [-0.4, -0.2) is 26.4 Å². The molecule has 0 fully saturated rings. The number of hydrogen-bond donors (Lipinski definition) is 0. The molecule has 0 aromatic rings. The van der Waals surface area contributed by atoms with E-state index < -0.39 is 0 Å². The summed E-state index contributed by atoms with van der Waals surface area (Å²) in [7, 11) is 0. The van der Waals surface area contributed by atoms with Crippen molar-refractivity contribution in [3.8, 4) is 0 Å². The van der Waals surface area contributed by atoms with Crippen molar-refractivity contribution in [3.63, 3.8) is 0 Å². The largest absolute Gasteiger partial charge is 0.381 e. The Kier molecular flexibility index (Phi) is 9.12. The van der Waals surface area contributed by atoms with E-state index in [1.54, 1.807) is 0 Å². The second-order valence-electron chi connectivity index (χ2n) is 4.98. The van der Waals surface area contributed by atoms with E-state index >= 15 is 0 Å². The molecule has 0 heterocycles. The van der Waals surface area contributed by atoms with Crippen LogP contribution in [0.3, 0.4) is 0 Å². The summed E-state index contributed by atoms with van der Waals surface area (Å²) in [6.07, 6.45) is 4.80. The van der Waals surface area contributed by atoms with Crippen LogP contribution in [0.4, 0.5) is 0 Å². The second-order valence-corrected chi connectivity index (χ2v) is 4.98. The van der Waals surface area contributed by atoms with Gasteiger partial charge >= 0.3 is 0 Å². The zero-order valence-corrected chi connectivity index (χ0v) is 11.0. The molecule has 0 aliphatic rings. The highest BCUT2D eigenvalue weighted by Gasteiger charge is 2.18. The van der Waals surface area contributed by atoms with Crippen LogP contribution in [-0.2, 0) is 9.47 Å². The average molecular weight is 216 g/mol. The van der Waals surface area contributed by atoms with E-state index in [1.165, 1.54) is 19.3 Å². The van der Waals surface area contributed by atoms with E-state index in [2.05, 4.69) is 27.7 Å². The van der Waals surface area contributed by atoms with Gasteiger partial charge in [-0.3, -0.25) is 0 Å². The van der Waals surface area contributed by atoms with Gasteiger partial charge in [-0.05, 0) is 12.8 Å². The Morgan fingerprint density at radius 3 is 1.93 bits per heavy atom. The fourth-order valence-corrected chi connectivity index (χ4v) is 1.34. The number of rotatable bonds is 10. The van der Waals surface area contributed by atoms with Crippen molar-refractivity contribution in [1.29, 1.82) is 0 Å². The first-order valence-corrected chi connectivity index (χ1v) is 6.28. The third kappa shape index (κ3) is 10.2. The lowest BCUT2D eigenvalue weighted by Crippen LogP contribution is -2.26. The summed E-state index contributed by atoms with van der Waals surface area (Å²) < 4.78 is 11.2. The van der Waals surface area contributed by atoms with Crippen LogP contribution in [0.25, 0.3) is 0 Å². The smallest absolute Gasteiger partial charge is 0.0539 e. The summed E-state index contributed by atoms with van der Waals surface area (Å²) in [6, 6.07) is 0. The zero-order valence-electron chi connectivity index (χ0n) is 11.0. The summed E-state index contributed by atoms with van der Waals surface area (Å²) in [6.45, 7) is 12.1. The van der Waals surface area contributed by atoms with E-state index in [1.807, 2.05) is 0 Å². The monoisotopic (exact) mass is 216 g/mol. The Labute approximate surface area is 95.3 Å². The summed E-state index contributed by atoms with van der Waals surface area (Å²) in [5, 5.41) is 0. The van der Waals surface area contributed by atoms with Crippen molar-refractivity contribution in [2.75, 3.05) is 26.4 Å². The molecule has 0 aliphatic heterocycles. The molecule has 0 aromatic carbocycles. The molecular weight excluding hydrogens is 188 g/mol. The first-order chi connectivity index (χ1) is 7.12. The minimum atomic E-state index is 0.154. The minimum absolute atomic E-state index is 0.154. The Hall–Kier alpha value is -0.0800. The van der Waals surface area contributed by atoms with Crippen molar-refractivity contribution in [2.45, 2.75) is 53.4 Å². The van der Waals surface area contributed by atoms with Gasteiger partial charge in [0, 0.05) is 18.6 Å². The van der Waals surface area contributed by atoms with Gasteiger partial charge < -0.3 is 9.47 Å². The second kappa shape index (κ2) is 9.17. The lowest BCUT2D eigenvalue weighted by atomic mass is 9.96. The lowest BCUT2D eigenvalue weighted by molar-refractivity contribution is -0.00399. The van der Waals surface area contributed by atoms with Crippen molar-refractivity contribution < 1.29 is 9.47 Å². The first kappa shape index (κ1) is 14.9. The van der Waals surface area contributed by atoms with E-state index in [0.717, 1.165) is 32.8 Å². The van der Waals surface area contributed by atoms with Gasteiger partial charge in [0.1, 0.15) is 0 Å². The normalized spacial score (nSPS) is 12.0. The minimum Gasteiger partial charge on any atom is -0.381 e. The molecule has 0 unspecified atom stereocenters. The van der Waals surface area contributed by atoms with Gasteiger partial charge in [-0.1, -0.05) is 40.5 Å². The van der Waals surface area contributed by atoms with Crippen LogP contribution in [0.15, 0.2) is 0 Å². The highest BCUT2D eigenvalue weighted by Crippen LogP contribution is 2.16. The molecule has 2 nitrogen and oxygen atoms in total. The summed E-state index contributed by atoms with van der Waals surface area (Å²) in [5.74, 6) is 0. The topological polar surface area (TPSA) is 18.5 Å². The van der Waals surface area contributed by atoms with Crippen molar-refractivity contribution in [3.05, 3.63) is 0 Å². The maximum atomic E-state index is 5.65. The Bertz CT molecular complexity index is 132. The average Bonchev–Trinajstić information content (AvgIpc) is 2.17. The molecule has 15 heavy (non-hydrogen) atoms. The molecule has 92 valence electrons. The molecule has 0 aliphatic carbocycles. The SMILES string of the molecule is CCCCCOCC(C)(C)COCCC. The van der Waals surface area contributed by atoms with Crippen molar-refractivity contribution in [2.24, 2.45) is 5.41 Å².